The molecule has 0 spiro atoms. The van der Waals surface area contributed by atoms with Crippen LogP contribution in [0.25, 0.3) is 11.4 Å². The summed E-state index contributed by atoms with van der Waals surface area (Å²) < 4.78 is 1.56. The van der Waals surface area contributed by atoms with Crippen LogP contribution in [0.1, 0.15) is 17.5 Å². The number of aryl methyl sites for hydroxylation is 2. The second-order valence-electron chi connectivity index (χ2n) is 5.10. The minimum Gasteiger partial charge on any atom is -0.335 e. The van der Waals surface area contributed by atoms with Crippen LogP contribution in [0.4, 0.5) is 0 Å². The molecule has 0 radical (unpaired) electrons. The van der Waals surface area contributed by atoms with Crippen LogP contribution < -0.4 is 5.84 Å². The van der Waals surface area contributed by atoms with E-state index in [0.29, 0.717) is 5.82 Å². The zero-order chi connectivity index (χ0) is 15.4. The number of nitrogens with zero attached hydrogens (tertiary/aromatic N) is 4. The molecule has 0 fully saturated rings. The maximum Gasteiger partial charge on any atom is 0.210 e. The van der Waals surface area contributed by atoms with Gasteiger partial charge in [-0.2, -0.15) is 5.10 Å². The highest BCUT2D eigenvalue weighted by molar-refractivity contribution is 7.99. The summed E-state index contributed by atoms with van der Waals surface area (Å²) in [6, 6.07) is 8.11. The van der Waals surface area contributed by atoms with Crippen molar-refractivity contribution in [2.75, 3.05) is 11.6 Å². The smallest absolute Gasteiger partial charge is 0.210 e. The van der Waals surface area contributed by atoms with Crippen LogP contribution in [0.3, 0.4) is 0 Å². The predicted molar refractivity (Wildman–Crippen MR) is 88.0 cm³/mol. The van der Waals surface area contributed by atoms with Crippen molar-refractivity contribution in [3.05, 3.63) is 47.8 Å². The molecule has 0 amide bonds. The van der Waals surface area contributed by atoms with E-state index in [1.54, 1.807) is 16.4 Å². The lowest BCUT2D eigenvalue weighted by molar-refractivity contribution is 0.844. The minimum atomic E-state index is 0.692. The van der Waals surface area contributed by atoms with E-state index < -0.39 is 0 Å². The molecule has 0 bridgehead atoms. The quantitative estimate of drug-likeness (QED) is 0.414. The lowest BCUT2D eigenvalue weighted by Gasteiger charge is -2.04. The van der Waals surface area contributed by atoms with Gasteiger partial charge in [-0.25, -0.2) is 4.68 Å². The number of hydrogen-bond acceptors (Lipinski definition) is 5. The highest BCUT2D eigenvalue weighted by atomic mass is 32.2. The van der Waals surface area contributed by atoms with Crippen LogP contribution in [-0.4, -0.2) is 30.8 Å². The molecule has 3 aromatic rings. The lowest BCUT2D eigenvalue weighted by atomic mass is 10.1. The molecular weight excluding hydrogens is 296 g/mol. The molecular formula is C15H18N6S. The van der Waals surface area contributed by atoms with Crippen LogP contribution in [-0.2, 0) is 6.42 Å². The maximum absolute atomic E-state index is 6.11. The van der Waals surface area contributed by atoms with E-state index in [9.17, 15) is 0 Å². The Morgan fingerprint density at radius 3 is 2.77 bits per heavy atom. The van der Waals surface area contributed by atoms with Crippen LogP contribution in [0.2, 0.25) is 0 Å². The van der Waals surface area contributed by atoms with Gasteiger partial charge < -0.3 is 5.84 Å². The molecule has 0 aliphatic rings. The molecule has 6 nitrogen and oxygen atoms in total. The van der Waals surface area contributed by atoms with Crippen LogP contribution in [0, 0.1) is 6.92 Å². The van der Waals surface area contributed by atoms with Crippen LogP contribution in [0.15, 0.2) is 41.8 Å². The van der Waals surface area contributed by atoms with Crippen molar-refractivity contribution in [1.29, 1.82) is 0 Å². The molecule has 0 aliphatic carbocycles. The molecule has 2 aromatic heterocycles. The average Bonchev–Trinajstić information content (AvgIpc) is 3.15. The summed E-state index contributed by atoms with van der Waals surface area (Å²) in [4.78, 5) is 0. The van der Waals surface area contributed by atoms with E-state index in [1.165, 1.54) is 11.1 Å². The number of nitrogens with two attached hydrogens (primary N) is 1. The van der Waals surface area contributed by atoms with E-state index in [0.717, 1.165) is 29.3 Å². The second kappa shape index (κ2) is 6.65. The van der Waals surface area contributed by atoms with E-state index >= 15 is 0 Å². The zero-order valence-corrected chi connectivity index (χ0v) is 13.2. The first-order chi connectivity index (χ1) is 10.7. The number of rotatable bonds is 6. The molecule has 0 saturated carbocycles. The number of hydrogen-bond donors (Lipinski definition) is 2. The topological polar surface area (TPSA) is 85.4 Å². The van der Waals surface area contributed by atoms with Crippen molar-refractivity contribution in [2.24, 2.45) is 0 Å². The van der Waals surface area contributed by atoms with Gasteiger partial charge >= 0.3 is 0 Å². The van der Waals surface area contributed by atoms with Gasteiger partial charge in [0.05, 0.1) is 6.20 Å². The Bertz CT molecular complexity index is 717. The number of aromatic amines is 1. The predicted octanol–water partition coefficient (Wildman–Crippen LogP) is 2.42. The largest absolute Gasteiger partial charge is 0.335 e. The Morgan fingerprint density at radius 2 is 2.05 bits per heavy atom. The molecule has 2 heterocycles. The Labute approximate surface area is 133 Å². The van der Waals surface area contributed by atoms with Gasteiger partial charge in [-0.05, 0) is 25.3 Å². The van der Waals surface area contributed by atoms with Gasteiger partial charge in [-0.3, -0.25) is 5.10 Å². The standard InChI is InChI=1S/C15H18N6S/c1-11-4-6-13(7-5-11)14-19-20-15(21(14)16)22-8-2-3-12-9-17-18-10-12/h4-7,9-10H,2-3,8,16H2,1H3,(H,17,18). The molecule has 0 saturated heterocycles. The second-order valence-corrected chi connectivity index (χ2v) is 6.16. The highest BCUT2D eigenvalue weighted by Gasteiger charge is 2.11. The van der Waals surface area contributed by atoms with Gasteiger partial charge in [0.25, 0.3) is 0 Å². The summed E-state index contributed by atoms with van der Waals surface area (Å²) in [6.07, 6.45) is 5.81. The van der Waals surface area contributed by atoms with Gasteiger partial charge in [0.2, 0.25) is 5.16 Å². The molecule has 3 N–H and O–H groups in total. The fourth-order valence-electron chi connectivity index (χ4n) is 2.13. The van der Waals surface area contributed by atoms with Crippen molar-refractivity contribution in [3.63, 3.8) is 0 Å². The Morgan fingerprint density at radius 1 is 1.23 bits per heavy atom. The van der Waals surface area contributed by atoms with Crippen molar-refractivity contribution in [1.82, 2.24) is 25.1 Å². The number of H-pyrrole nitrogens is 1. The molecule has 3 rings (SSSR count). The van der Waals surface area contributed by atoms with Gasteiger partial charge in [-0.15, -0.1) is 10.2 Å². The molecule has 0 unspecified atom stereocenters. The fourth-order valence-corrected chi connectivity index (χ4v) is 2.92. The van der Waals surface area contributed by atoms with Gasteiger partial charge in [0, 0.05) is 17.5 Å². The summed E-state index contributed by atoms with van der Waals surface area (Å²) in [5.74, 6) is 7.74. The summed E-state index contributed by atoms with van der Waals surface area (Å²) >= 11 is 1.62. The van der Waals surface area contributed by atoms with E-state index in [-0.39, 0.29) is 0 Å². The zero-order valence-electron chi connectivity index (χ0n) is 12.4. The number of benzene rings is 1. The van der Waals surface area contributed by atoms with Crippen LogP contribution >= 0.6 is 11.8 Å². The Hall–Kier alpha value is -2.28. The monoisotopic (exact) mass is 314 g/mol. The average molecular weight is 314 g/mol. The third-order valence-electron chi connectivity index (χ3n) is 3.37. The van der Waals surface area contributed by atoms with Gasteiger partial charge in [-0.1, -0.05) is 41.6 Å². The third-order valence-corrected chi connectivity index (χ3v) is 4.40. The Balaban J connectivity index is 1.59. The van der Waals surface area contributed by atoms with Crippen molar-refractivity contribution >= 4 is 11.8 Å². The highest BCUT2D eigenvalue weighted by Crippen LogP contribution is 2.22. The molecule has 7 heteroatoms. The van der Waals surface area contributed by atoms with E-state index in [4.69, 9.17) is 5.84 Å². The summed E-state index contributed by atoms with van der Waals surface area (Å²) in [5, 5.41) is 15.9. The first-order valence-corrected chi connectivity index (χ1v) is 8.10. The van der Waals surface area contributed by atoms with Crippen molar-refractivity contribution < 1.29 is 0 Å². The van der Waals surface area contributed by atoms with Crippen molar-refractivity contribution in [3.8, 4) is 11.4 Å². The Kier molecular flexibility index (Phi) is 4.43. The molecule has 22 heavy (non-hydrogen) atoms. The van der Waals surface area contributed by atoms with E-state index in [2.05, 4.69) is 27.3 Å². The first-order valence-electron chi connectivity index (χ1n) is 7.12. The van der Waals surface area contributed by atoms with Crippen LogP contribution in [0.5, 0.6) is 0 Å². The molecule has 114 valence electrons. The number of thioether (sulfide) groups is 1. The normalized spacial score (nSPS) is 11.0. The fraction of sp³-hybridized carbons (Fsp3) is 0.267. The SMILES string of the molecule is Cc1ccc(-c2nnc(SCCCc3cn[nH]c3)n2N)cc1. The van der Waals surface area contributed by atoms with Gasteiger partial charge in [0.1, 0.15) is 0 Å². The summed E-state index contributed by atoms with van der Waals surface area (Å²) in [5.41, 5.74) is 3.40. The molecule has 0 atom stereocenters. The number of nitrogens with one attached hydrogen (secondary N) is 1. The van der Waals surface area contributed by atoms with Gasteiger partial charge in [0.15, 0.2) is 5.82 Å². The lowest BCUT2D eigenvalue weighted by Crippen LogP contribution is -2.11. The van der Waals surface area contributed by atoms with E-state index in [1.807, 2.05) is 36.7 Å². The summed E-state index contributed by atoms with van der Waals surface area (Å²) in [6.45, 7) is 2.05. The molecule has 1 aromatic carbocycles. The minimum absolute atomic E-state index is 0.692. The third kappa shape index (κ3) is 3.30. The number of aromatic nitrogens is 5. The number of nitrogen functional groups attached to an aromatic ring is 1. The first kappa shape index (κ1) is 14.6. The van der Waals surface area contributed by atoms with Crippen molar-refractivity contribution in [2.45, 2.75) is 24.9 Å². The maximum atomic E-state index is 6.11. The summed E-state index contributed by atoms with van der Waals surface area (Å²) in [7, 11) is 0. The molecule has 0 aliphatic heterocycles.